The summed E-state index contributed by atoms with van der Waals surface area (Å²) in [4.78, 5) is 37.4. The van der Waals surface area contributed by atoms with Crippen LogP contribution in [0.4, 0.5) is 5.69 Å². The molecule has 2 amide bonds. The Labute approximate surface area is 137 Å². The van der Waals surface area contributed by atoms with E-state index < -0.39 is 23.9 Å². The van der Waals surface area contributed by atoms with E-state index in [1.165, 1.54) is 11.8 Å². The molecule has 1 fully saturated rings. The number of benzene rings is 1. The van der Waals surface area contributed by atoms with Crippen molar-refractivity contribution in [2.45, 2.75) is 47.1 Å². The Morgan fingerprint density at radius 1 is 1.17 bits per heavy atom. The summed E-state index contributed by atoms with van der Waals surface area (Å²) in [6.07, 6.45) is -0.0707. The molecule has 2 rings (SSSR count). The number of ether oxygens (including phenoxy) is 1. The Kier molecular flexibility index (Phi) is 6.94. The first-order valence-corrected chi connectivity index (χ1v) is 8.07. The predicted molar refractivity (Wildman–Crippen MR) is 88.8 cm³/mol. The van der Waals surface area contributed by atoms with E-state index in [1.54, 1.807) is 31.2 Å². The van der Waals surface area contributed by atoms with Gasteiger partial charge in [-0.05, 0) is 18.6 Å². The van der Waals surface area contributed by atoms with E-state index in [1.807, 2.05) is 26.8 Å². The average Bonchev–Trinajstić information content (AvgIpc) is 2.78. The van der Waals surface area contributed by atoms with Gasteiger partial charge in [-0.25, -0.2) is 4.90 Å². The van der Waals surface area contributed by atoms with Crippen molar-refractivity contribution in [2.24, 2.45) is 11.8 Å². The van der Waals surface area contributed by atoms with Crippen LogP contribution in [0.2, 0.25) is 0 Å². The van der Waals surface area contributed by atoms with Crippen molar-refractivity contribution >= 4 is 23.5 Å². The normalized spacial score (nSPS) is 21.5. The number of hydrogen-bond donors (Lipinski definition) is 0. The first kappa shape index (κ1) is 18.9. The van der Waals surface area contributed by atoms with Crippen molar-refractivity contribution in [3.8, 4) is 0 Å². The largest absolute Gasteiger partial charge is 0.462 e. The molecule has 5 heteroatoms. The lowest BCUT2D eigenvalue weighted by Crippen LogP contribution is -2.35. The summed E-state index contributed by atoms with van der Waals surface area (Å²) in [5.41, 5.74) is 0.555. The molecule has 0 radical (unpaired) electrons. The predicted octanol–water partition coefficient (Wildman–Crippen LogP) is 3.18. The van der Waals surface area contributed by atoms with Gasteiger partial charge >= 0.3 is 5.97 Å². The highest BCUT2D eigenvalue weighted by Crippen LogP contribution is 2.34. The van der Waals surface area contributed by atoms with Crippen LogP contribution in [0.1, 0.15) is 41.0 Å². The molecule has 0 saturated carbocycles. The number of para-hydroxylation sites is 1. The maximum absolute atomic E-state index is 12.6. The molecule has 1 aliphatic heterocycles. The lowest BCUT2D eigenvalue weighted by molar-refractivity contribution is -0.152. The number of esters is 1. The van der Waals surface area contributed by atoms with Crippen molar-refractivity contribution in [1.29, 1.82) is 0 Å². The van der Waals surface area contributed by atoms with Crippen LogP contribution in [-0.4, -0.2) is 23.9 Å². The summed E-state index contributed by atoms with van der Waals surface area (Å²) in [6.45, 7) is 8.85. The molecule has 0 N–H and O–H groups in total. The van der Waals surface area contributed by atoms with Gasteiger partial charge in [0.25, 0.3) is 0 Å². The van der Waals surface area contributed by atoms with Gasteiger partial charge in [0.1, 0.15) is 6.10 Å². The number of carbonyl (C=O) groups excluding carboxylic acids is 3. The second-order valence-electron chi connectivity index (χ2n) is 5.22. The molecule has 0 spiro atoms. The number of amides is 2. The minimum Gasteiger partial charge on any atom is -0.462 e. The lowest BCUT2D eigenvalue weighted by Gasteiger charge is -2.22. The first-order chi connectivity index (χ1) is 11.0. The highest BCUT2D eigenvalue weighted by Gasteiger charge is 2.49. The second-order valence-corrected chi connectivity index (χ2v) is 5.22. The number of imide groups is 1. The van der Waals surface area contributed by atoms with Gasteiger partial charge in [-0.3, -0.25) is 14.4 Å². The van der Waals surface area contributed by atoms with Crippen molar-refractivity contribution in [3.63, 3.8) is 0 Å². The standard InChI is InChI=1S/C16H19NO4.C2H6/c1-4-13(21-11(3)18)14-10(2)15(19)17(16(14)20)12-8-6-5-7-9-12;1-2/h5-10,13-14H,4H2,1-3H3;1-2H3. The molecule has 3 atom stereocenters. The summed E-state index contributed by atoms with van der Waals surface area (Å²) in [6, 6.07) is 8.81. The summed E-state index contributed by atoms with van der Waals surface area (Å²) in [7, 11) is 0. The highest BCUT2D eigenvalue weighted by molar-refractivity contribution is 6.22. The van der Waals surface area contributed by atoms with Crippen LogP contribution < -0.4 is 4.90 Å². The third-order valence-corrected chi connectivity index (χ3v) is 3.79. The van der Waals surface area contributed by atoms with Crippen LogP contribution in [0.3, 0.4) is 0 Å². The molecule has 1 aromatic carbocycles. The van der Waals surface area contributed by atoms with Crippen molar-refractivity contribution < 1.29 is 19.1 Å². The minimum absolute atomic E-state index is 0.248. The molecule has 1 aromatic rings. The van der Waals surface area contributed by atoms with Crippen LogP contribution in [0.5, 0.6) is 0 Å². The van der Waals surface area contributed by atoms with E-state index in [4.69, 9.17) is 4.74 Å². The Hall–Kier alpha value is -2.17. The molecule has 1 heterocycles. The fourth-order valence-electron chi connectivity index (χ4n) is 2.77. The molecule has 1 saturated heterocycles. The van der Waals surface area contributed by atoms with Gasteiger partial charge in [0.15, 0.2) is 0 Å². The summed E-state index contributed by atoms with van der Waals surface area (Å²) in [5.74, 6) is -2.10. The Bertz CT molecular complexity index is 555. The van der Waals surface area contributed by atoms with E-state index in [0.717, 1.165) is 0 Å². The molecule has 0 aromatic heterocycles. The zero-order valence-corrected chi connectivity index (χ0v) is 14.4. The fourth-order valence-corrected chi connectivity index (χ4v) is 2.77. The Morgan fingerprint density at radius 3 is 2.22 bits per heavy atom. The van der Waals surface area contributed by atoms with E-state index in [0.29, 0.717) is 12.1 Å². The van der Waals surface area contributed by atoms with Crippen LogP contribution in [0, 0.1) is 11.8 Å². The SMILES string of the molecule is CC.CCC(OC(C)=O)C1C(=O)N(c2ccccc2)C(=O)C1C. The number of rotatable bonds is 4. The zero-order valence-electron chi connectivity index (χ0n) is 14.4. The smallest absolute Gasteiger partial charge is 0.302 e. The van der Waals surface area contributed by atoms with Gasteiger partial charge in [0, 0.05) is 6.92 Å². The summed E-state index contributed by atoms with van der Waals surface area (Å²) < 4.78 is 5.22. The lowest BCUT2D eigenvalue weighted by atomic mass is 9.90. The Balaban J connectivity index is 0.00000127. The van der Waals surface area contributed by atoms with E-state index in [2.05, 4.69) is 0 Å². The molecule has 126 valence electrons. The van der Waals surface area contributed by atoms with E-state index in [9.17, 15) is 14.4 Å². The molecule has 3 unspecified atom stereocenters. The highest BCUT2D eigenvalue weighted by atomic mass is 16.5. The van der Waals surface area contributed by atoms with Crippen LogP contribution >= 0.6 is 0 Å². The molecule has 0 aliphatic carbocycles. The number of nitrogens with zero attached hydrogens (tertiary/aromatic N) is 1. The molecule has 1 aliphatic rings. The first-order valence-electron chi connectivity index (χ1n) is 8.07. The van der Waals surface area contributed by atoms with E-state index in [-0.39, 0.29) is 11.8 Å². The topological polar surface area (TPSA) is 63.7 Å². The number of hydrogen-bond acceptors (Lipinski definition) is 4. The maximum atomic E-state index is 12.6. The third-order valence-electron chi connectivity index (χ3n) is 3.79. The maximum Gasteiger partial charge on any atom is 0.302 e. The molecule has 5 nitrogen and oxygen atoms in total. The molecular formula is C18H25NO4. The third kappa shape index (κ3) is 3.97. The van der Waals surface area contributed by atoms with Gasteiger partial charge in [0.2, 0.25) is 11.8 Å². The number of anilines is 1. The zero-order chi connectivity index (χ0) is 17.6. The minimum atomic E-state index is -0.619. The fraction of sp³-hybridized carbons (Fsp3) is 0.500. The van der Waals surface area contributed by atoms with Crippen molar-refractivity contribution in [2.75, 3.05) is 4.90 Å². The van der Waals surface area contributed by atoms with Gasteiger partial charge in [-0.1, -0.05) is 45.9 Å². The van der Waals surface area contributed by atoms with Gasteiger partial charge in [-0.15, -0.1) is 0 Å². The molecule has 23 heavy (non-hydrogen) atoms. The van der Waals surface area contributed by atoms with Gasteiger partial charge in [0.05, 0.1) is 17.5 Å². The molecular weight excluding hydrogens is 294 g/mol. The van der Waals surface area contributed by atoms with Gasteiger partial charge < -0.3 is 4.74 Å². The van der Waals surface area contributed by atoms with E-state index >= 15 is 0 Å². The van der Waals surface area contributed by atoms with Crippen LogP contribution in [-0.2, 0) is 19.1 Å². The number of carbonyl (C=O) groups is 3. The van der Waals surface area contributed by atoms with Crippen molar-refractivity contribution in [3.05, 3.63) is 30.3 Å². The summed E-state index contributed by atoms with van der Waals surface area (Å²) >= 11 is 0. The summed E-state index contributed by atoms with van der Waals surface area (Å²) in [5, 5.41) is 0. The second kappa shape index (κ2) is 8.46. The van der Waals surface area contributed by atoms with Gasteiger partial charge in [-0.2, -0.15) is 0 Å². The average molecular weight is 319 g/mol. The monoisotopic (exact) mass is 319 g/mol. The Morgan fingerprint density at radius 2 is 1.74 bits per heavy atom. The van der Waals surface area contributed by atoms with Crippen LogP contribution in [0.15, 0.2) is 30.3 Å². The van der Waals surface area contributed by atoms with Crippen molar-refractivity contribution in [1.82, 2.24) is 0 Å². The quantitative estimate of drug-likeness (QED) is 0.631. The molecule has 0 bridgehead atoms. The van der Waals surface area contributed by atoms with Crippen LogP contribution in [0.25, 0.3) is 0 Å².